The van der Waals surface area contributed by atoms with E-state index in [-0.39, 0.29) is 10.3 Å². The number of sulfonamides is 1. The summed E-state index contributed by atoms with van der Waals surface area (Å²) >= 11 is 5.76. The summed E-state index contributed by atoms with van der Waals surface area (Å²) < 4.78 is 39.1. The van der Waals surface area contributed by atoms with Gasteiger partial charge in [-0.3, -0.25) is 0 Å². The summed E-state index contributed by atoms with van der Waals surface area (Å²) in [4.78, 5) is -0.0529. The van der Waals surface area contributed by atoms with Crippen molar-refractivity contribution in [1.29, 1.82) is 0 Å². The molecule has 0 aromatic heterocycles. The highest BCUT2D eigenvalue weighted by molar-refractivity contribution is 7.89. The Kier molecular flexibility index (Phi) is 3.43. The third-order valence-corrected chi connectivity index (χ3v) is 4.95. The Hall–Kier alpha value is -0.650. The second-order valence-corrected chi connectivity index (χ2v) is 6.45. The van der Waals surface area contributed by atoms with Crippen molar-refractivity contribution in [2.24, 2.45) is 5.41 Å². The maximum Gasteiger partial charge on any atom is 0.240 e. The Morgan fingerprint density at radius 1 is 1.41 bits per heavy atom. The molecule has 0 radical (unpaired) electrons. The monoisotopic (exact) mass is 277 g/mol. The SMILES string of the molecule is O=S(=O)(NCC1(CCl)CC1)c1cccc(F)c1. The summed E-state index contributed by atoms with van der Waals surface area (Å²) in [6.45, 7) is 0.315. The molecular formula is C11H13ClFNO2S. The molecule has 2 rings (SSSR count). The average molecular weight is 278 g/mol. The minimum atomic E-state index is -3.63. The number of halogens is 2. The van der Waals surface area contributed by atoms with Crippen molar-refractivity contribution in [3.63, 3.8) is 0 Å². The third kappa shape index (κ3) is 2.97. The van der Waals surface area contributed by atoms with Gasteiger partial charge in [0.05, 0.1) is 4.90 Å². The first-order valence-electron chi connectivity index (χ1n) is 5.29. The summed E-state index contributed by atoms with van der Waals surface area (Å²) in [6, 6.07) is 4.95. The molecule has 0 amide bonds. The van der Waals surface area contributed by atoms with Gasteiger partial charge in [0.2, 0.25) is 10.0 Å². The highest BCUT2D eigenvalue weighted by atomic mass is 35.5. The van der Waals surface area contributed by atoms with Gasteiger partial charge in [0.1, 0.15) is 5.82 Å². The second kappa shape index (κ2) is 4.55. The van der Waals surface area contributed by atoms with Crippen molar-refractivity contribution in [1.82, 2.24) is 4.72 Å². The predicted octanol–water partition coefficient (Wildman–Crippen LogP) is 2.12. The fourth-order valence-electron chi connectivity index (χ4n) is 1.50. The van der Waals surface area contributed by atoms with E-state index in [0.29, 0.717) is 12.4 Å². The normalized spacial score (nSPS) is 18.0. The van der Waals surface area contributed by atoms with Gasteiger partial charge in [-0.05, 0) is 36.5 Å². The first kappa shape index (κ1) is 12.8. The van der Waals surface area contributed by atoms with Gasteiger partial charge in [-0.25, -0.2) is 17.5 Å². The van der Waals surface area contributed by atoms with Gasteiger partial charge >= 0.3 is 0 Å². The number of hydrogen-bond acceptors (Lipinski definition) is 2. The van der Waals surface area contributed by atoms with E-state index in [9.17, 15) is 12.8 Å². The van der Waals surface area contributed by atoms with E-state index in [1.165, 1.54) is 18.2 Å². The van der Waals surface area contributed by atoms with Crippen molar-refractivity contribution < 1.29 is 12.8 Å². The molecule has 0 heterocycles. The average Bonchev–Trinajstić information content (AvgIpc) is 3.07. The summed E-state index contributed by atoms with van der Waals surface area (Å²) in [5.41, 5.74) is -0.0953. The first-order chi connectivity index (χ1) is 7.97. The van der Waals surface area contributed by atoms with Gasteiger partial charge < -0.3 is 0 Å². The minimum absolute atomic E-state index is 0.0529. The van der Waals surface area contributed by atoms with Crippen LogP contribution in [0, 0.1) is 11.2 Å². The van der Waals surface area contributed by atoms with Gasteiger partial charge in [-0.15, -0.1) is 11.6 Å². The van der Waals surface area contributed by atoms with Crippen LogP contribution in [0.2, 0.25) is 0 Å². The molecule has 3 nitrogen and oxygen atoms in total. The first-order valence-corrected chi connectivity index (χ1v) is 7.30. The molecule has 1 aromatic carbocycles. The van der Waals surface area contributed by atoms with Crippen molar-refractivity contribution in [2.75, 3.05) is 12.4 Å². The lowest BCUT2D eigenvalue weighted by Crippen LogP contribution is -2.31. The molecular weight excluding hydrogens is 265 g/mol. The lowest BCUT2D eigenvalue weighted by Gasteiger charge is -2.12. The Balaban J connectivity index is 2.09. The van der Waals surface area contributed by atoms with E-state index in [1.54, 1.807) is 0 Å². The van der Waals surface area contributed by atoms with E-state index in [2.05, 4.69) is 4.72 Å². The number of benzene rings is 1. The molecule has 1 aromatic rings. The van der Waals surface area contributed by atoms with Crippen LogP contribution in [0.25, 0.3) is 0 Å². The van der Waals surface area contributed by atoms with Crippen LogP contribution in [-0.2, 0) is 10.0 Å². The van der Waals surface area contributed by atoms with Crippen molar-refractivity contribution in [3.8, 4) is 0 Å². The number of alkyl halides is 1. The molecule has 6 heteroatoms. The molecule has 0 bridgehead atoms. The highest BCUT2D eigenvalue weighted by Gasteiger charge is 2.42. The van der Waals surface area contributed by atoms with Crippen LogP contribution >= 0.6 is 11.6 Å². The second-order valence-electron chi connectivity index (χ2n) is 4.42. The standard InChI is InChI=1S/C11H13ClFNO2S/c12-7-11(4-5-11)8-14-17(15,16)10-3-1-2-9(13)6-10/h1-3,6,14H,4-5,7-8H2. The smallest absolute Gasteiger partial charge is 0.211 e. The molecule has 17 heavy (non-hydrogen) atoms. The molecule has 1 fully saturated rings. The van der Waals surface area contributed by atoms with E-state index >= 15 is 0 Å². The van der Waals surface area contributed by atoms with Crippen LogP contribution in [0.4, 0.5) is 4.39 Å². The zero-order valence-corrected chi connectivity index (χ0v) is 10.7. The van der Waals surface area contributed by atoms with Gasteiger partial charge in [0.25, 0.3) is 0 Å². The van der Waals surface area contributed by atoms with Gasteiger partial charge in [-0.1, -0.05) is 6.07 Å². The van der Waals surface area contributed by atoms with E-state index in [4.69, 9.17) is 11.6 Å². The summed E-state index contributed by atoms with van der Waals surface area (Å²) in [5.74, 6) is -0.120. The summed E-state index contributed by atoms with van der Waals surface area (Å²) in [6.07, 6.45) is 1.87. The van der Waals surface area contributed by atoms with Gasteiger partial charge in [0.15, 0.2) is 0 Å². The van der Waals surface area contributed by atoms with E-state index in [1.807, 2.05) is 0 Å². The minimum Gasteiger partial charge on any atom is -0.211 e. The lowest BCUT2D eigenvalue weighted by molar-refractivity contribution is 0.533. The molecule has 1 N–H and O–H groups in total. The third-order valence-electron chi connectivity index (χ3n) is 2.98. The van der Waals surface area contributed by atoms with Crippen LogP contribution in [-0.4, -0.2) is 20.8 Å². The highest BCUT2D eigenvalue weighted by Crippen LogP contribution is 2.46. The fourth-order valence-corrected chi connectivity index (χ4v) is 3.05. The molecule has 0 unspecified atom stereocenters. The summed E-state index contributed by atoms with van der Waals surface area (Å²) in [5, 5.41) is 0. The predicted molar refractivity (Wildman–Crippen MR) is 64.0 cm³/mol. The summed E-state index contributed by atoms with van der Waals surface area (Å²) in [7, 11) is -3.63. The molecule has 94 valence electrons. The number of rotatable bonds is 5. The molecule has 0 atom stereocenters. The maximum atomic E-state index is 12.9. The Morgan fingerprint density at radius 3 is 2.65 bits per heavy atom. The number of nitrogens with one attached hydrogen (secondary N) is 1. The molecule has 1 saturated carbocycles. The van der Waals surface area contributed by atoms with Crippen molar-refractivity contribution >= 4 is 21.6 Å². The van der Waals surface area contributed by atoms with Crippen LogP contribution in [0.5, 0.6) is 0 Å². The Bertz CT molecular complexity index is 514. The van der Waals surface area contributed by atoms with Crippen LogP contribution in [0.15, 0.2) is 29.2 Å². The van der Waals surface area contributed by atoms with Crippen molar-refractivity contribution in [3.05, 3.63) is 30.1 Å². The largest absolute Gasteiger partial charge is 0.240 e. The number of hydrogen-bond donors (Lipinski definition) is 1. The van der Waals surface area contributed by atoms with Crippen molar-refractivity contribution in [2.45, 2.75) is 17.7 Å². The topological polar surface area (TPSA) is 46.2 Å². The van der Waals surface area contributed by atoms with Gasteiger partial charge in [-0.2, -0.15) is 0 Å². The quantitative estimate of drug-likeness (QED) is 0.838. The Labute approximate surface area is 105 Å². The molecule has 0 saturated heterocycles. The van der Waals surface area contributed by atoms with E-state index in [0.717, 1.165) is 18.9 Å². The fraction of sp³-hybridized carbons (Fsp3) is 0.455. The molecule has 0 spiro atoms. The zero-order chi connectivity index (χ0) is 12.5. The van der Waals surface area contributed by atoms with Crippen LogP contribution in [0.1, 0.15) is 12.8 Å². The van der Waals surface area contributed by atoms with Crippen LogP contribution < -0.4 is 4.72 Å². The Morgan fingerprint density at radius 2 is 2.12 bits per heavy atom. The molecule has 0 aliphatic heterocycles. The maximum absolute atomic E-state index is 12.9. The lowest BCUT2D eigenvalue weighted by atomic mass is 10.1. The van der Waals surface area contributed by atoms with Crippen LogP contribution in [0.3, 0.4) is 0 Å². The van der Waals surface area contributed by atoms with E-state index < -0.39 is 15.8 Å². The zero-order valence-electron chi connectivity index (χ0n) is 9.12. The van der Waals surface area contributed by atoms with Gasteiger partial charge in [0, 0.05) is 12.4 Å². The molecule has 1 aliphatic carbocycles. The molecule has 1 aliphatic rings.